The van der Waals surface area contributed by atoms with E-state index in [0.29, 0.717) is 11.5 Å². The first kappa shape index (κ1) is 10.4. The second-order valence-corrected chi connectivity index (χ2v) is 3.58. The van der Waals surface area contributed by atoms with E-state index in [-0.39, 0.29) is 0 Å². The number of ether oxygens (including phenoxy) is 1. The van der Waals surface area contributed by atoms with E-state index in [4.69, 9.17) is 4.74 Å². The topological polar surface area (TPSA) is 29.5 Å². The molecule has 1 aromatic carbocycles. The SMILES string of the molecule is COc1ccc(CCCBr)c(O)c1. The molecule has 0 unspecified atom stereocenters. The molecule has 13 heavy (non-hydrogen) atoms. The number of hydrogen-bond donors (Lipinski definition) is 1. The number of aromatic hydroxyl groups is 1. The molecule has 72 valence electrons. The predicted molar refractivity (Wildman–Crippen MR) is 56.8 cm³/mol. The first-order chi connectivity index (χ1) is 6.27. The third kappa shape index (κ3) is 2.92. The number of halogens is 1. The fourth-order valence-corrected chi connectivity index (χ4v) is 1.42. The Hall–Kier alpha value is -0.700. The van der Waals surface area contributed by atoms with E-state index in [1.54, 1.807) is 13.2 Å². The Morgan fingerprint density at radius 3 is 2.77 bits per heavy atom. The van der Waals surface area contributed by atoms with E-state index in [1.165, 1.54) is 0 Å². The molecule has 0 atom stereocenters. The van der Waals surface area contributed by atoms with Crippen LogP contribution in [0.3, 0.4) is 0 Å². The van der Waals surface area contributed by atoms with Crippen molar-refractivity contribution in [3.63, 3.8) is 0 Å². The molecule has 0 amide bonds. The Balaban J connectivity index is 2.73. The van der Waals surface area contributed by atoms with Crippen LogP contribution in [0, 0.1) is 0 Å². The van der Waals surface area contributed by atoms with E-state index >= 15 is 0 Å². The van der Waals surface area contributed by atoms with Gasteiger partial charge in [-0.25, -0.2) is 0 Å². The number of alkyl halides is 1. The van der Waals surface area contributed by atoms with E-state index in [0.717, 1.165) is 23.7 Å². The molecule has 1 N–H and O–H groups in total. The largest absolute Gasteiger partial charge is 0.508 e. The molecule has 3 heteroatoms. The average molecular weight is 245 g/mol. The third-order valence-electron chi connectivity index (χ3n) is 1.87. The normalized spacial score (nSPS) is 10.0. The molecule has 0 aliphatic rings. The van der Waals surface area contributed by atoms with Gasteiger partial charge in [-0.3, -0.25) is 0 Å². The fraction of sp³-hybridized carbons (Fsp3) is 0.400. The summed E-state index contributed by atoms with van der Waals surface area (Å²) in [5.41, 5.74) is 0.972. The van der Waals surface area contributed by atoms with Crippen LogP contribution in [-0.4, -0.2) is 17.5 Å². The van der Waals surface area contributed by atoms with Gasteiger partial charge in [-0.15, -0.1) is 0 Å². The van der Waals surface area contributed by atoms with Gasteiger partial charge in [0.2, 0.25) is 0 Å². The molecule has 1 rings (SSSR count). The summed E-state index contributed by atoms with van der Waals surface area (Å²) in [7, 11) is 1.59. The number of aryl methyl sites for hydroxylation is 1. The minimum absolute atomic E-state index is 0.320. The lowest BCUT2D eigenvalue weighted by Gasteiger charge is -2.05. The number of rotatable bonds is 4. The van der Waals surface area contributed by atoms with Gasteiger partial charge in [-0.05, 0) is 24.5 Å². The van der Waals surface area contributed by atoms with Crippen molar-refractivity contribution in [2.45, 2.75) is 12.8 Å². The van der Waals surface area contributed by atoms with Crippen molar-refractivity contribution >= 4 is 15.9 Å². The minimum Gasteiger partial charge on any atom is -0.508 e. The van der Waals surface area contributed by atoms with Crippen LogP contribution in [0.5, 0.6) is 11.5 Å². The number of phenols is 1. The van der Waals surface area contributed by atoms with Gasteiger partial charge in [0, 0.05) is 11.4 Å². The Labute approximate surface area is 86.7 Å². The molecular formula is C10H13BrO2. The maximum absolute atomic E-state index is 9.55. The summed E-state index contributed by atoms with van der Waals surface area (Å²) in [5.74, 6) is 1.01. The quantitative estimate of drug-likeness (QED) is 0.826. The van der Waals surface area contributed by atoms with Crippen LogP contribution >= 0.6 is 15.9 Å². The summed E-state index contributed by atoms with van der Waals surface area (Å²) in [6.45, 7) is 0. The molecule has 0 aromatic heterocycles. The van der Waals surface area contributed by atoms with Crippen LogP contribution in [0.25, 0.3) is 0 Å². The van der Waals surface area contributed by atoms with E-state index in [9.17, 15) is 5.11 Å². The second-order valence-electron chi connectivity index (χ2n) is 2.79. The molecule has 0 saturated carbocycles. The smallest absolute Gasteiger partial charge is 0.122 e. The molecule has 0 radical (unpaired) electrons. The Morgan fingerprint density at radius 2 is 2.23 bits per heavy atom. The van der Waals surface area contributed by atoms with Crippen molar-refractivity contribution in [2.24, 2.45) is 0 Å². The number of benzene rings is 1. The van der Waals surface area contributed by atoms with Crippen molar-refractivity contribution in [1.82, 2.24) is 0 Å². The van der Waals surface area contributed by atoms with Crippen LogP contribution < -0.4 is 4.74 Å². The highest BCUT2D eigenvalue weighted by molar-refractivity contribution is 9.09. The number of methoxy groups -OCH3 is 1. The van der Waals surface area contributed by atoms with Crippen molar-refractivity contribution in [3.8, 4) is 11.5 Å². The van der Waals surface area contributed by atoms with Gasteiger partial charge < -0.3 is 9.84 Å². The maximum atomic E-state index is 9.55. The standard InChI is InChI=1S/C10H13BrO2/c1-13-9-5-4-8(3-2-6-11)10(12)7-9/h4-5,7,12H,2-3,6H2,1H3. The Bertz CT molecular complexity index is 274. The summed E-state index contributed by atoms with van der Waals surface area (Å²) in [5, 5.41) is 10.5. The molecule has 0 spiro atoms. The van der Waals surface area contributed by atoms with Crippen molar-refractivity contribution in [2.75, 3.05) is 12.4 Å². The van der Waals surface area contributed by atoms with E-state index in [2.05, 4.69) is 15.9 Å². The van der Waals surface area contributed by atoms with Gasteiger partial charge in [0.1, 0.15) is 11.5 Å². The van der Waals surface area contributed by atoms with Gasteiger partial charge in [0.25, 0.3) is 0 Å². The maximum Gasteiger partial charge on any atom is 0.122 e. The zero-order valence-corrected chi connectivity index (χ0v) is 9.17. The number of phenolic OH excluding ortho intramolecular Hbond substituents is 1. The molecule has 0 aliphatic carbocycles. The van der Waals surface area contributed by atoms with Gasteiger partial charge in [-0.2, -0.15) is 0 Å². The fourth-order valence-electron chi connectivity index (χ4n) is 1.14. The van der Waals surface area contributed by atoms with Gasteiger partial charge in [-0.1, -0.05) is 22.0 Å². The van der Waals surface area contributed by atoms with Crippen LogP contribution in [0.1, 0.15) is 12.0 Å². The van der Waals surface area contributed by atoms with Crippen LogP contribution in [-0.2, 0) is 6.42 Å². The zero-order valence-electron chi connectivity index (χ0n) is 7.59. The highest BCUT2D eigenvalue weighted by atomic mass is 79.9. The van der Waals surface area contributed by atoms with Crippen molar-refractivity contribution in [1.29, 1.82) is 0 Å². The summed E-state index contributed by atoms with van der Waals surface area (Å²) >= 11 is 3.35. The first-order valence-corrected chi connectivity index (χ1v) is 5.32. The van der Waals surface area contributed by atoms with E-state index < -0.39 is 0 Å². The highest BCUT2D eigenvalue weighted by Gasteiger charge is 2.01. The molecule has 0 bridgehead atoms. The Kier molecular flexibility index (Phi) is 4.09. The zero-order chi connectivity index (χ0) is 9.68. The van der Waals surface area contributed by atoms with Gasteiger partial charge >= 0.3 is 0 Å². The van der Waals surface area contributed by atoms with Gasteiger partial charge in [0.05, 0.1) is 7.11 Å². The molecule has 0 saturated heterocycles. The molecule has 0 aliphatic heterocycles. The summed E-state index contributed by atoms with van der Waals surface area (Å²) in [6, 6.07) is 5.41. The lowest BCUT2D eigenvalue weighted by molar-refractivity contribution is 0.406. The monoisotopic (exact) mass is 244 g/mol. The highest BCUT2D eigenvalue weighted by Crippen LogP contribution is 2.24. The molecule has 1 aromatic rings. The molecule has 0 heterocycles. The van der Waals surface area contributed by atoms with Crippen molar-refractivity contribution in [3.05, 3.63) is 23.8 Å². The average Bonchev–Trinajstić information content (AvgIpc) is 2.16. The molecular weight excluding hydrogens is 232 g/mol. The Morgan fingerprint density at radius 1 is 1.46 bits per heavy atom. The summed E-state index contributed by atoms with van der Waals surface area (Å²) < 4.78 is 4.99. The van der Waals surface area contributed by atoms with Crippen LogP contribution in [0.15, 0.2) is 18.2 Å². The molecule has 0 fully saturated rings. The second kappa shape index (κ2) is 5.12. The van der Waals surface area contributed by atoms with Crippen molar-refractivity contribution < 1.29 is 9.84 Å². The first-order valence-electron chi connectivity index (χ1n) is 4.19. The van der Waals surface area contributed by atoms with Crippen LogP contribution in [0.2, 0.25) is 0 Å². The lowest BCUT2D eigenvalue weighted by Crippen LogP contribution is -1.88. The molecule has 2 nitrogen and oxygen atoms in total. The van der Waals surface area contributed by atoms with Gasteiger partial charge in [0.15, 0.2) is 0 Å². The summed E-state index contributed by atoms with van der Waals surface area (Å²) in [6.07, 6.45) is 1.92. The third-order valence-corrected chi connectivity index (χ3v) is 2.43. The predicted octanol–water partition coefficient (Wildman–Crippen LogP) is 2.73. The summed E-state index contributed by atoms with van der Waals surface area (Å²) in [4.78, 5) is 0. The minimum atomic E-state index is 0.320. The lowest BCUT2D eigenvalue weighted by atomic mass is 10.1. The number of hydrogen-bond acceptors (Lipinski definition) is 2. The van der Waals surface area contributed by atoms with E-state index in [1.807, 2.05) is 12.1 Å². The van der Waals surface area contributed by atoms with Crippen LogP contribution in [0.4, 0.5) is 0 Å².